The van der Waals surface area contributed by atoms with Crippen LogP contribution in [0.15, 0.2) is 407 Å². The molecule has 13 aromatic carbocycles. The van der Waals surface area contributed by atoms with E-state index < -0.39 is 123 Å². The summed E-state index contributed by atoms with van der Waals surface area (Å²) in [5.74, 6) is 0. The van der Waals surface area contributed by atoms with Crippen molar-refractivity contribution >= 4 is 0 Å². The molecule has 20 atom stereocenters. The number of ether oxygens (including phenoxy) is 20. The van der Waals surface area contributed by atoms with E-state index in [0.717, 1.165) is 77.9 Å². The Labute approximate surface area is 837 Å². The van der Waals surface area contributed by atoms with E-state index >= 15 is 0 Å². The molecule has 0 unspecified atom stereocenters. The van der Waals surface area contributed by atoms with Gasteiger partial charge in [-0.15, -0.1) is 0 Å². The molecule has 0 radical (unpaired) electrons. The highest BCUT2D eigenvalue weighted by atomic mass is 16.8. The summed E-state index contributed by atoms with van der Waals surface area (Å²) >= 11 is 0. The molecule has 0 aliphatic carbocycles. The molecule has 0 amide bonds. The summed E-state index contributed by atoms with van der Waals surface area (Å²) in [5, 5.41) is 14.0. The Morgan fingerprint density at radius 1 is 0.217 bits per heavy atom. The van der Waals surface area contributed by atoms with Crippen LogP contribution in [0.2, 0.25) is 0 Å². The third-order valence-corrected chi connectivity index (χ3v) is 25.7. The van der Waals surface area contributed by atoms with E-state index in [2.05, 4.69) is 28.8 Å². The van der Waals surface area contributed by atoms with Crippen LogP contribution in [0.3, 0.4) is 0 Å². The van der Waals surface area contributed by atoms with Gasteiger partial charge < -0.3 is 99.8 Å². The van der Waals surface area contributed by atoms with Gasteiger partial charge in [-0.3, -0.25) is 0 Å². The maximum atomic E-state index is 14.0. The van der Waals surface area contributed by atoms with Crippen LogP contribution in [-0.2, 0) is 194 Å². The number of benzene rings is 13. The van der Waals surface area contributed by atoms with Gasteiger partial charge in [-0.05, 0) is 77.9 Å². The monoisotopic (exact) mass is 1930 g/mol. The molecule has 23 nitrogen and oxygen atoms in total. The van der Waals surface area contributed by atoms with Gasteiger partial charge in [-0.2, -0.15) is 0 Å². The lowest BCUT2D eigenvalue weighted by Gasteiger charge is -2.52. The zero-order valence-electron chi connectivity index (χ0n) is 80.5. The Bertz CT molecular complexity index is 5900. The molecule has 1 N–H and O–H groups in total. The van der Waals surface area contributed by atoms with E-state index in [-0.39, 0.29) is 112 Å². The van der Waals surface area contributed by atoms with Crippen LogP contribution in [0.4, 0.5) is 0 Å². The van der Waals surface area contributed by atoms with Crippen molar-refractivity contribution in [2.45, 2.75) is 215 Å². The standard InChI is InChI=1S/C120H127N2O21/c1-121-66-67-122(86-121)68-87-62-64-100(65-63-87)81-136-118-114(111(133-78-97-56-32-11-33-57-97)107(129-74-93-48-24-7-25-49-93)102(138-118)83-125-70-89-40-16-3-17-41-89)142-120-116(113(135-80-99-60-36-13-37-61-99)109(131-76-95-52-28-9-29-53-95)104(140-120)85-127-72-91-44-20-5-21-45-91)143-119-115(112(134-79-98-58-34-12-35-59-98)108(130-75-94-50-26-8-27-51-94)103(139-119)84-126-71-90-42-18-4-19-43-90)141-117-105(123)110(132-77-96-54-30-10-31-55-96)106(128-73-92-46-22-6-23-47-92)101(137-117)82-124-69-88-38-14-2-15-39-88/h2-67,86,101-120,123H,68-85H2,1H3/q+1/t101-,102-,103-,104-,105+,106-,107-,108-,109-,110-,111+,112+,113+,114+,115+,116+,117-,118+,119-,120-/m1/s1. The van der Waals surface area contributed by atoms with Crippen LogP contribution < -0.4 is 4.57 Å². The van der Waals surface area contributed by atoms with Crippen molar-refractivity contribution < 1.29 is 104 Å². The van der Waals surface area contributed by atoms with Gasteiger partial charge in [0.1, 0.15) is 117 Å². The first-order chi connectivity index (χ1) is 70.7. The minimum absolute atomic E-state index is 0.000401. The Morgan fingerprint density at radius 2 is 0.420 bits per heavy atom. The number of aryl methyl sites for hydroxylation is 1. The second-order valence-corrected chi connectivity index (χ2v) is 36.4. The van der Waals surface area contributed by atoms with E-state index in [9.17, 15) is 5.11 Å². The molecule has 1 aromatic heterocycles. The van der Waals surface area contributed by atoms with E-state index in [1.54, 1.807) is 0 Å². The Balaban J connectivity index is 0.816. The number of hydrogen-bond donors (Lipinski definition) is 1. The van der Waals surface area contributed by atoms with Gasteiger partial charge in [-0.25, -0.2) is 9.13 Å². The van der Waals surface area contributed by atoms with Gasteiger partial charge in [0.2, 0.25) is 6.33 Å². The molecule has 5 heterocycles. The third-order valence-electron chi connectivity index (χ3n) is 25.7. The van der Waals surface area contributed by atoms with Crippen molar-refractivity contribution in [3.8, 4) is 0 Å². The van der Waals surface area contributed by atoms with Crippen LogP contribution in [-0.4, -0.2) is 159 Å². The maximum Gasteiger partial charge on any atom is 0.243 e. The van der Waals surface area contributed by atoms with Crippen LogP contribution >= 0.6 is 0 Å². The Hall–Kier alpha value is -11.8. The molecule has 23 heteroatoms. The van der Waals surface area contributed by atoms with Gasteiger partial charge in [-0.1, -0.05) is 388 Å². The molecule has 4 fully saturated rings. The zero-order valence-corrected chi connectivity index (χ0v) is 80.5. The fourth-order valence-electron chi connectivity index (χ4n) is 18.3. The number of aliphatic hydroxyl groups excluding tert-OH is 1. The quantitative estimate of drug-likeness (QED) is 0.0351. The SMILES string of the molecule is Cn1cc[n+](Cc2ccc(CO[C@H]3O[C@H](COCc4ccccc4)[C@@H](OCc4ccccc4)[C@H](OCc4ccccc4)[C@@H]3O[C@H]3O[C@H](COCc4ccccc4)[C@@H](OCc4ccccc4)[C@H](OCc4ccccc4)[C@@H]3O[C@H]3O[C@H](COCc4ccccc4)[C@@H](OCc4ccccc4)[C@H](OCc4ccccc4)[C@@H]3O[C@H]3O[C@H](COCc4ccccc4)[C@@H](OCc4ccccc4)[C@H](OCc4ccccc4)[C@@H]3O)cc2)c1. The summed E-state index contributed by atoms with van der Waals surface area (Å²) in [5.41, 5.74) is 12.5. The second kappa shape index (κ2) is 53.7. The summed E-state index contributed by atoms with van der Waals surface area (Å²) in [4.78, 5) is 0. The smallest absolute Gasteiger partial charge is 0.243 e. The number of aliphatic hydroxyl groups is 1. The highest BCUT2D eigenvalue weighted by molar-refractivity contribution is 5.26. The fourth-order valence-corrected chi connectivity index (χ4v) is 18.3. The third kappa shape index (κ3) is 29.8. The molecule has 742 valence electrons. The zero-order chi connectivity index (χ0) is 97.0. The molecule has 0 saturated carbocycles. The number of rotatable bonds is 51. The van der Waals surface area contributed by atoms with Crippen molar-refractivity contribution in [3.63, 3.8) is 0 Å². The summed E-state index contributed by atoms with van der Waals surface area (Å²) in [6.07, 6.45) is -19.1. The predicted molar refractivity (Wildman–Crippen MR) is 536 cm³/mol. The van der Waals surface area contributed by atoms with Crippen molar-refractivity contribution in [1.29, 1.82) is 0 Å². The number of nitrogens with zero attached hydrogens (tertiary/aromatic N) is 2. The molecule has 0 bridgehead atoms. The number of hydrogen-bond acceptors (Lipinski definition) is 21. The number of aromatic nitrogens is 2. The van der Waals surface area contributed by atoms with E-state index in [1.807, 2.05) is 394 Å². The van der Waals surface area contributed by atoms with E-state index in [4.69, 9.17) is 94.7 Å². The molecule has 4 saturated heterocycles. The lowest BCUT2D eigenvalue weighted by molar-refractivity contribution is -0.687. The van der Waals surface area contributed by atoms with E-state index in [0.29, 0.717) is 6.54 Å². The first kappa shape index (κ1) is 101. The van der Waals surface area contributed by atoms with E-state index in [1.165, 1.54) is 0 Å². The molecule has 143 heavy (non-hydrogen) atoms. The lowest BCUT2D eigenvalue weighted by atomic mass is 9.94. The van der Waals surface area contributed by atoms with Crippen molar-refractivity contribution in [2.24, 2.45) is 7.05 Å². The highest BCUT2D eigenvalue weighted by Crippen LogP contribution is 2.43. The summed E-state index contributed by atoms with van der Waals surface area (Å²) < 4.78 is 154. The van der Waals surface area contributed by atoms with Crippen LogP contribution in [0.1, 0.15) is 77.9 Å². The molecule has 4 aliphatic heterocycles. The minimum atomic E-state index is -1.67. The van der Waals surface area contributed by atoms with Crippen molar-refractivity contribution in [3.05, 3.63) is 485 Å². The minimum Gasteiger partial charge on any atom is -0.385 e. The van der Waals surface area contributed by atoms with Crippen LogP contribution in [0, 0.1) is 0 Å². The molecular weight excluding hydrogens is 1810 g/mol. The van der Waals surface area contributed by atoms with Gasteiger partial charge in [0.25, 0.3) is 0 Å². The summed E-state index contributed by atoms with van der Waals surface area (Å²) in [6, 6.07) is 127. The van der Waals surface area contributed by atoms with Gasteiger partial charge in [0, 0.05) is 0 Å². The molecule has 18 rings (SSSR count). The lowest BCUT2D eigenvalue weighted by Crippen LogP contribution is -2.69. The normalized spacial score (nSPS) is 24.4. The van der Waals surface area contributed by atoms with Crippen LogP contribution in [0.25, 0.3) is 0 Å². The first-order valence-corrected chi connectivity index (χ1v) is 49.4. The molecule has 4 aliphatic rings. The van der Waals surface area contributed by atoms with Gasteiger partial charge >= 0.3 is 0 Å². The van der Waals surface area contributed by atoms with Crippen molar-refractivity contribution in [1.82, 2.24) is 4.57 Å². The Kier molecular flexibility index (Phi) is 38.0. The Morgan fingerprint density at radius 3 is 0.685 bits per heavy atom. The molecule has 0 spiro atoms. The summed E-state index contributed by atoms with van der Waals surface area (Å²) in [6.45, 7) is 1.73. The highest BCUT2D eigenvalue weighted by Gasteiger charge is 2.60. The molecule has 14 aromatic rings. The van der Waals surface area contributed by atoms with Crippen molar-refractivity contribution in [2.75, 3.05) is 26.4 Å². The summed E-state index contributed by atoms with van der Waals surface area (Å²) in [7, 11) is 2.01. The first-order valence-electron chi connectivity index (χ1n) is 49.4. The average molecular weight is 1930 g/mol. The topological polar surface area (TPSA) is 214 Å². The largest absolute Gasteiger partial charge is 0.385 e. The number of imidazole rings is 1. The second-order valence-electron chi connectivity index (χ2n) is 36.4. The van der Waals surface area contributed by atoms with Crippen LogP contribution in [0.5, 0.6) is 0 Å². The van der Waals surface area contributed by atoms with Gasteiger partial charge in [0.05, 0.1) is 119 Å². The predicted octanol–water partition coefficient (Wildman–Crippen LogP) is 18.8. The molecular formula is C120H127N2O21+. The van der Waals surface area contributed by atoms with Gasteiger partial charge in [0.15, 0.2) is 25.2 Å². The average Bonchev–Trinajstić information content (AvgIpc) is 0.871. The maximum absolute atomic E-state index is 14.0. The fraction of sp³-hybridized carbons (Fsp3) is 0.325.